The second kappa shape index (κ2) is 8.65. The van der Waals surface area contributed by atoms with E-state index in [0.29, 0.717) is 24.2 Å². The molecule has 7 nitrogen and oxygen atoms in total. The Labute approximate surface area is 210 Å². The van der Waals surface area contributed by atoms with Gasteiger partial charge in [-0.05, 0) is 79.1 Å². The summed E-state index contributed by atoms with van der Waals surface area (Å²) in [4.78, 5) is 18.6. The first kappa shape index (κ1) is 23.6. The lowest BCUT2D eigenvalue weighted by Gasteiger charge is -2.38. The molecule has 3 heterocycles. The molecule has 0 saturated carbocycles. The summed E-state index contributed by atoms with van der Waals surface area (Å²) in [6, 6.07) is 10.9. The fraction of sp³-hybridized carbons (Fsp3) is 0.333. The molecule has 4 aromatic rings. The highest BCUT2D eigenvalue weighted by Crippen LogP contribution is 2.37. The minimum atomic E-state index is -4.77. The van der Waals surface area contributed by atoms with Gasteiger partial charge in [0.1, 0.15) is 5.75 Å². The lowest BCUT2D eigenvalue weighted by Crippen LogP contribution is -2.45. The van der Waals surface area contributed by atoms with Crippen LogP contribution < -0.4 is 4.74 Å². The van der Waals surface area contributed by atoms with Crippen molar-refractivity contribution in [2.45, 2.75) is 44.1 Å². The summed E-state index contributed by atoms with van der Waals surface area (Å²) in [5.41, 5.74) is 5.23. The fourth-order valence-electron chi connectivity index (χ4n) is 5.54. The number of nitrogens with one attached hydrogen (secondary N) is 2. The molecule has 1 fully saturated rings. The molecular weight excluding hydrogens is 485 g/mol. The van der Waals surface area contributed by atoms with Gasteiger partial charge in [0.15, 0.2) is 0 Å². The van der Waals surface area contributed by atoms with Crippen LogP contribution in [0.25, 0.3) is 22.3 Å². The van der Waals surface area contributed by atoms with Crippen molar-refractivity contribution in [3.63, 3.8) is 0 Å². The number of amides is 1. The minimum Gasteiger partial charge on any atom is -0.406 e. The molecule has 3 N–H and O–H groups in total. The molecule has 1 amide bonds. The first-order chi connectivity index (χ1) is 17.7. The van der Waals surface area contributed by atoms with Gasteiger partial charge in [-0.1, -0.05) is 12.1 Å². The van der Waals surface area contributed by atoms with E-state index in [9.17, 15) is 23.1 Å². The fourth-order valence-corrected chi connectivity index (χ4v) is 5.54. The summed E-state index contributed by atoms with van der Waals surface area (Å²) < 4.78 is 41.2. The van der Waals surface area contributed by atoms with E-state index >= 15 is 0 Å². The Morgan fingerprint density at radius 1 is 1.05 bits per heavy atom. The Morgan fingerprint density at radius 2 is 1.81 bits per heavy atom. The third-order valence-corrected chi connectivity index (χ3v) is 7.50. The van der Waals surface area contributed by atoms with Crippen molar-refractivity contribution in [1.82, 2.24) is 20.1 Å². The van der Waals surface area contributed by atoms with Gasteiger partial charge in [0.05, 0.1) is 23.2 Å². The van der Waals surface area contributed by atoms with Crippen molar-refractivity contribution >= 4 is 16.8 Å². The largest absolute Gasteiger partial charge is 0.573 e. The molecule has 2 aliphatic rings. The second-order valence-electron chi connectivity index (χ2n) is 9.76. The zero-order valence-electron chi connectivity index (χ0n) is 19.9. The van der Waals surface area contributed by atoms with Crippen molar-refractivity contribution in [1.29, 1.82) is 0 Å². The summed E-state index contributed by atoms with van der Waals surface area (Å²) in [5.74, 6) is -0.446. The molecule has 192 valence electrons. The van der Waals surface area contributed by atoms with Crippen LogP contribution in [0, 0.1) is 0 Å². The summed E-state index contributed by atoms with van der Waals surface area (Å²) in [7, 11) is 0. The van der Waals surface area contributed by atoms with Crippen LogP contribution >= 0.6 is 0 Å². The number of piperidine rings is 1. The summed E-state index contributed by atoms with van der Waals surface area (Å²) >= 11 is 0. The third kappa shape index (κ3) is 4.35. The average molecular weight is 511 g/mol. The molecule has 0 spiro atoms. The van der Waals surface area contributed by atoms with Crippen molar-refractivity contribution in [3.05, 3.63) is 70.9 Å². The number of H-pyrrole nitrogens is 2. The molecule has 37 heavy (non-hydrogen) atoms. The number of likely N-dealkylation sites (tertiary alicyclic amines) is 1. The number of fused-ring (bicyclic) bond motifs is 5. The molecule has 2 aromatic heterocycles. The molecule has 2 aromatic carbocycles. The van der Waals surface area contributed by atoms with Crippen molar-refractivity contribution in [2.24, 2.45) is 0 Å². The predicted octanol–water partition coefficient (Wildman–Crippen LogP) is 5.07. The van der Waals surface area contributed by atoms with Crippen LogP contribution in [0.2, 0.25) is 0 Å². The number of aliphatic hydroxyl groups is 1. The minimum absolute atomic E-state index is 0.108. The number of carbonyl (C=O) groups excluding carboxylic acids is 1. The summed E-state index contributed by atoms with van der Waals surface area (Å²) in [6.45, 7) is 0.661. The van der Waals surface area contributed by atoms with Gasteiger partial charge in [-0.3, -0.25) is 9.89 Å². The van der Waals surface area contributed by atoms with Crippen LogP contribution in [0.1, 0.15) is 46.3 Å². The van der Waals surface area contributed by atoms with E-state index in [2.05, 4.69) is 19.9 Å². The van der Waals surface area contributed by atoms with E-state index in [1.807, 2.05) is 24.4 Å². The number of hydrogen-bond acceptors (Lipinski definition) is 4. The molecule has 1 saturated heterocycles. The number of aromatic amines is 2. The molecule has 0 unspecified atom stereocenters. The van der Waals surface area contributed by atoms with Gasteiger partial charge >= 0.3 is 6.36 Å². The molecule has 10 heteroatoms. The van der Waals surface area contributed by atoms with Crippen LogP contribution in [-0.4, -0.2) is 50.5 Å². The van der Waals surface area contributed by atoms with Gasteiger partial charge in [0.2, 0.25) is 0 Å². The van der Waals surface area contributed by atoms with Crippen LogP contribution in [0.4, 0.5) is 13.2 Å². The maximum absolute atomic E-state index is 13.4. The Hall–Kier alpha value is -3.79. The number of benzene rings is 2. The van der Waals surface area contributed by atoms with Gasteiger partial charge in [-0.15, -0.1) is 13.2 Å². The van der Waals surface area contributed by atoms with E-state index in [4.69, 9.17) is 0 Å². The molecule has 0 radical (unpaired) electrons. The van der Waals surface area contributed by atoms with Crippen molar-refractivity contribution in [2.75, 3.05) is 13.1 Å². The standard InChI is InChI=1S/C27H25F3N4O3/c28-27(29,30)37-19-7-5-18(6-8-19)26(36)10-12-34(13-11-26)25(35)16-4-9-22-21(14-16)20-3-1-2-17-15-31-33-23(17)24(20)32-22/h4-9,14-15,32,36H,1-3,10-13H2,(H,31,33). The smallest absolute Gasteiger partial charge is 0.406 e. The number of ether oxygens (including phenoxy) is 1. The molecule has 0 atom stereocenters. The average Bonchev–Trinajstić information content (AvgIpc) is 3.44. The zero-order valence-corrected chi connectivity index (χ0v) is 19.9. The first-order valence-corrected chi connectivity index (χ1v) is 12.3. The van der Waals surface area contributed by atoms with Gasteiger partial charge in [-0.2, -0.15) is 5.10 Å². The second-order valence-corrected chi connectivity index (χ2v) is 9.76. The number of aromatic nitrogens is 3. The van der Waals surface area contributed by atoms with Crippen molar-refractivity contribution in [3.8, 4) is 17.1 Å². The lowest BCUT2D eigenvalue weighted by atomic mass is 9.84. The van der Waals surface area contributed by atoms with Crippen LogP contribution in [0.15, 0.2) is 48.7 Å². The molecular formula is C27H25F3N4O3. The third-order valence-electron chi connectivity index (χ3n) is 7.50. The maximum atomic E-state index is 13.4. The quantitative estimate of drug-likeness (QED) is 0.359. The number of rotatable bonds is 3. The van der Waals surface area contributed by atoms with Crippen LogP contribution in [-0.2, 0) is 18.4 Å². The van der Waals surface area contributed by atoms with Gasteiger partial charge in [-0.25, -0.2) is 0 Å². The highest BCUT2D eigenvalue weighted by Gasteiger charge is 2.36. The van der Waals surface area contributed by atoms with E-state index < -0.39 is 12.0 Å². The van der Waals surface area contributed by atoms with E-state index in [1.165, 1.54) is 35.4 Å². The SMILES string of the molecule is O=C(c1ccc2[nH]c3c(c2c1)CCCc1cn[nH]c1-3)N1CCC(O)(c2ccc(OC(F)(F)F)cc2)CC1. The lowest BCUT2D eigenvalue weighted by molar-refractivity contribution is -0.274. The molecule has 1 aliphatic carbocycles. The predicted molar refractivity (Wildman–Crippen MR) is 130 cm³/mol. The molecule has 6 rings (SSSR count). The number of hydrogen-bond donors (Lipinski definition) is 3. The molecule has 1 aliphatic heterocycles. The van der Waals surface area contributed by atoms with E-state index in [-0.39, 0.29) is 24.5 Å². The number of halogens is 3. The highest BCUT2D eigenvalue weighted by molar-refractivity contribution is 6.00. The Morgan fingerprint density at radius 3 is 2.54 bits per heavy atom. The summed E-state index contributed by atoms with van der Waals surface area (Å²) in [6.07, 6.45) is 0.507. The van der Waals surface area contributed by atoms with Crippen molar-refractivity contribution < 1.29 is 27.8 Å². The Balaban J connectivity index is 1.19. The zero-order chi connectivity index (χ0) is 25.8. The van der Waals surface area contributed by atoms with E-state index in [0.717, 1.165) is 41.6 Å². The highest BCUT2D eigenvalue weighted by atomic mass is 19.4. The summed E-state index contributed by atoms with van der Waals surface area (Å²) in [5, 5.41) is 19.5. The number of aryl methyl sites for hydroxylation is 2. The van der Waals surface area contributed by atoms with E-state index in [1.54, 1.807) is 4.90 Å². The topological polar surface area (TPSA) is 94.2 Å². The number of carbonyl (C=O) groups is 1. The Kier molecular flexibility index (Phi) is 5.52. The number of nitrogens with zero attached hydrogens (tertiary/aromatic N) is 2. The Bertz CT molecular complexity index is 1460. The number of alkyl halides is 3. The van der Waals surface area contributed by atoms with Gasteiger partial charge in [0.25, 0.3) is 5.91 Å². The van der Waals surface area contributed by atoms with Crippen LogP contribution in [0.5, 0.6) is 5.75 Å². The first-order valence-electron chi connectivity index (χ1n) is 12.3. The maximum Gasteiger partial charge on any atom is 0.573 e. The molecule has 0 bridgehead atoms. The van der Waals surface area contributed by atoms with Crippen LogP contribution in [0.3, 0.4) is 0 Å². The van der Waals surface area contributed by atoms with Gasteiger partial charge < -0.3 is 19.7 Å². The normalized spacial score (nSPS) is 17.2. The van der Waals surface area contributed by atoms with Gasteiger partial charge in [0, 0.05) is 29.6 Å². The monoisotopic (exact) mass is 510 g/mol.